The molecule has 28 heavy (non-hydrogen) atoms. The molecule has 150 valence electrons. The van der Waals surface area contributed by atoms with Crippen LogP contribution in [0.25, 0.3) is 0 Å². The normalized spacial score (nSPS) is 17.4. The molecule has 2 aromatic rings. The maximum Gasteiger partial charge on any atom is 0.130 e. The maximum atomic E-state index is 11.1. The Balaban J connectivity index is 1.37. The Morgan fingerprint density at radius 3 is 2.79 bits per heavy atom. The molecule has 0 aliphatic carbocycles. The van der Waals surface area contributed by atoms with Crippen molar-refractivity contribution < 1.29 is 9.53 Å². The molecule has 1 fully saturated rings. The number of Topliss-reactive ketones (excluding diaryl/α,β-unsaturated/α-hetero) is 1. The number of aromatic nitrogens is 1. The highest BCUT2D eigenvalue weighted by atomic mass is 16.5. The van der Waals surface area contributed by atoms with Gasteiger partial charge in [0.15, 0.2) is 0 Å². The lowest BCUT2D eigenvalue weighted by atomic mass is 9.96. The second-order valence-corrected chi connectivity index (χ2v) is 7.74. The minimum atomic E-state index is 0.236. The third kappa shape index (κ3) is 6.45. The lowest BCUT2D eigenvalue weighted by molar-refractivity contribution is -0.116. The number of hydrogen-bond acceptors (Lipinski definition) is 4. The van der Waals surface area contributed by atoms with E-state index in [4.69, 9.17) is 4.74 Å². The van der Waals surface area contributed by atoms with E-state index in [9.17, 15) is 4.79 Å². The molecule has 1 aliphatic heterocycles. The molecular weight excluding hydrogens is 348 g/mol. The van der Waals surface area contributed by atoms with Crippen LogP contribution in [0.15, 0.2) is 48.8 Å². The summed E-state index contributed by atoms with van der Waals surface area (Å²) in [5.74, 6) is 1.15. The first kappa shape index (κ1) is 20.5. The molecule has 1 aromatic carbocycles. The number of unbranched alkanes of at least 4 members (excludes halogenated alkanes) is 1. The Morgan fingerprint density at radius 2 is 2.04 bits per heavy atom. The maximum absolute atomic E-state index is 11.1. The Bertz CT molecular complexity index is 715. The van der Waals surface area contributed by atoms with Gasteiger partial charge in [0.1, 0.15) is 11.5 Å². The molecule has 4 heteroatoms. The molecule has 0 spiro atoms. The number of carbonyl (C=O) groups excluding carboxylic acids is 1. The minimum Gasteiger partial charge on any atom is -0.494 e. The van der Waals surface area contributed by atoms with Crippen LogP contribution in [0.4, 0.5) is 0 Å². The first-order valence-electron chi connectivity index (χ1n) is 10.6. The summed E-state index contributed by atoms with van der Waals surface area (Å²) in [5.41, 5.74) is 2.54. The second-order valence-electron chi connectivity index (χ2n) is 7.74. The highest BCUT2D eigenvalue weighted by Crippen LogP contribution is 2.30. The molecule has 1 aromatic heterocycles. The van der Waals surface area contributed by atoms with Gasteiger partial charge >= 0.3 is 0 Å². The third-order valence-electron chi connectivity index (χ3n) is 5.48. The van der Waals surface area contributed by atoms with Gasteiger partial charge in [-0.15, -0.1) is 0 Å². The van der Waals surface area contributed by atoms with Crippen molar-refractivity contribution in [1.29, 1.82) is 0 Å². The van der Waals surface area contributed by atoms with Crippen molar-refractivity contribution in [3.63, 3.8) is 0 Å². The standard InChI is InChI=1S/C24H32N2O2/c1-20(27)9-10-21-11-13-23(14-12-21)28-18-5-4-17-26-16-3-2-8-24(26)22-7-6-15-25-19-22/h6-7,11-15,19,24H,2-5,8-10,16-18H2,1H3. The number of carbonyl (C=O) groups is 1. The van der Waals surface area contributed by atoms with Crippen molar-refractivity contribution in [2.24, 2.45) is 0 Å². The van der Waals surface area contributed by atoms with Crippen LogP contribution in [0.1, 0.15) is 62.6 Å². The van der Waals surface area contributed by atoms with Crippen molar-refractivity contribution in [2.45, 2.75) is 57.9 Å². The van der Waals surface area contributed by atoms with Gasteiger partial charge in [0, 0.05) is 24.9 Å². The molecule has 2 heterocycles. The zero-order valence-electron chi connectivity index (χ0n) is 17.0. The van der Waals surface area contributed by atoms with Gasteiger partial charge in [0.2, 0.25) is 0 Å². The number of ketones is 1. The molecule has 1 unspecified atom stereocenters. The fraction of sp³-hybridized carbons (Fsp3) is 0.500. The van der Waals surface area contributed by atoms with Gasteiger partial charge in [-0.1, -0.05) is 24.6 Å². The van der Waals surface area contributed by atoms with Crippen molar-refractivity contribution in [2.75, 3.05) is 19.7 Å². The molecule has 0 amide bonds. The van der Waals surface area contributed by atoms with Crippen molar-refractivity contribution in [3.05, 3.63) is 59.9 Å². The van der Waals surface area contributed by atoms with Crippen molar-refractivity contribution in [3.8, 4) is 5.75 Å². The predicted molar refractivity (Wildman–Crippen MR) is 113 cm³/mol. The number of pyridine rings is 1. The molecule has 0 bridgehead atoms. The van der Waals surface area contributed by atoms with Crippen LogP contribution >= 0.6 is 0 Å². The Hall–Kier alpha value is -2.20. The lowest BCUT2D eigenvalue weighted by Crippen LogP contribution is -2.34. The minimum absolute atomic E-state index is 0.236. The van der Waals surface area contributed by atoms with Crippen LogP contribution in [-0.2, 0) is 11.2 Å². The summed E-state index contributed by atoms with van der Waals surface area (Å²) in [4.78, 5) is 18.0. The first-order valence-corrected chi connectivity index (χ1v) is 10.6. The molecule has 1 atom stereocenters. The van der Waals surface area contributed by atoms with Gasteiger partial charge in [-0.25, -0.2) is 0 Å². The van der Waals surface area contributed by atoms with E-state index in [-0.39, 0.29) is 5.78 Å². The third-order valence-corrected chi connectivity index (χ3v) is 5.48. The quantitative estimate of drug-likeness (QED) is 0.545. The summed E-state index contributed by atoms with van der Waals surface area (Å²) in [6, 6.07) is 12.9. The summed E-state index contributed by atoms with van der Waals surface area (Å²) in [7, 11) is 0. The SMILES string of the molecule is CC(=O)CCc1ccc(OCCCCN2CCCCC2c2cccnc2)cc1. The van der Waals surface area contributed by atoms with E-state index in [1.165, 1.54) is 36.9 Å². The van der Waals surface area contributed by atoms with Crippen LogP contribution in [0.3, 0.4) is 0 Å². The average molecular weight is 381 g/mol. The highest BCUT2D eigenvalue weighted by molar-refractivity contribution is 5.75. The number of ether oxygens (including phenoxy) is 1. The average Bonchev–Trinajstić information content (AvgIpc) is 2.74. The summed E-state index contributed by atoms with van der Waals surface area (Å²) < 4.78 is 5.89. The largest absolute Gasteiger partial charge is 0.494 e. The highest BCUT2D eigenvalue weighted by Gasteiger charge is 2.23. The summed E-state index contributed by atoms with van der Waals surface area (Å²) in [5, 5.41) is 0. The van der Waals surface area contributed by atoms with Crippen LogP contribution in [0.5, 0.6) is 5.75 Å². The monoisotopic (exact) mass is 380 g/mol. The van der Waals surface area contributed by atoms with E-state index in [0.717, 1.165) is 38.2 Å². The number of benzene rings is 1. The fourth-order valence-electron chi connectivity index (χ4n) is 3.89. The number of nitrogens with zero attached hydrogens (tertiary/aromatic N) is 2. The van der Waals surface area contributed by atoms with Crippen LogP contribution < -0.4 is 4.74 Å². The summed E-state index contributed by atoms with van der Waals surface area (Å²) >= 11 is 0. The van der Waals surface area contributed by atoms with Crippen molar-refractivity contribution >= 4 is 5.78 Å². The van der Waals surface area contributed by atoms with Gasteiger partial charge in [0.25, 0.3) is 0 Å². The smallest absolute Gasteiger partial charge is 0.130 e. The van der Waals surface area contributed by atoms with Crippen LogP contribution in [0.2, 0.25) is 0 Å². The van der Waals surface area contributed by atoms with Crippen molar-refractivity contribution in [1.82, 2.24) is 9.88 Å². The van der Waals surface area contributed by atoms with Crippen LogP contribution in [0, 0.1) is 0 Å². The lowest BCUT2D eigenvalue weighted by Gasteiger charge is -2.35. The molecule has 1 saturated heterocycles. The zero-order valence-corrected chi connectivity index (χ0v) is 17.0. The van der Waals surface area contributed by atoms with Crippen LogP contribution in [-0.4, -0.2) is 35.4 Å². The first-order chi connectivity index (χ1) is 13.7. The van der Waals surface area contributed by atoms with E-state index in [1.807, 2.05) is 30.6 Å². The van der Waals surface area contributed by atoms with Gasteiger partial charge in [-0.3, -0.25) is 9.88 Å². The molecular formula is C24H32N2O2. The van der Waals surface area contributed by atoms with Gasteiger partial charge in [0.05, 0.1) is 6.61 Å². The number of hydrogen-bond donors (Lipinski definition) is 0. The topological polar surface area (TPSA) is 42.4 Å². The zero-order chi connectivity index (χ0) is 19.6. The summed E-state index contributed by atoms with van der Waals surface area (Å²) in [6.07, 6.45) is 11.3. The molecule has 4 nitrogen and oxygen atoms in total. The van der Waals surface area contributed by atoms with Gasteiger partial charge in [-0.2, -0.15) is 0 Å². The van der Waals surface area contributed by atoms with E-state index in [1.54, 1.807) is 6.92 Å². The molecule has 3 rings (SSSR count). The Kier molecular flexibility index (Phi) is 8.04. The number of rotatable bonds is 10. The number of piperidine rings is 1. The number of aryl methyl sites for hydroxylation is 1. The Morgan fingerprint density at radius 1 is 1.18 bits per heavy atom. The number of likely N-dealkylation sites (tertiary alicyclic amines) is 1. The molecule has 1 aliphatic rings. The molecule has 0 radical (unpaired) electrons. The van der Waals surface area contributed by atoms with Gasteiger partial charge in [-0.05, 0) is 81.4 Å². The van der Waals surface area contributed by atoms with Gasteiger partial charge < -0.3 is 9.53 Å². The van der Waals surface area contributed by atoms with E-state index < -0.39 is 0 Å². The predicted octanol–water partition coefficient (Wildman–Crippen LogP) is 4.99. The fourth-order valence-corrected chi connectivity index (χ4v) is 3.89. The summed E-state index contributed by atoms with van der Waals surface area (Å²) in [6.45, 7) is 4.69. The van der Waals surface area contributed by atoms with E-state index in [0.29, 0.717) is 12.5 Å². The Labute approximate surface area is 168 Å². The van der Waals surface area contributed by atoms with E-state index in [2.05, 4.69) is 28.1 Å². The van der Waals surface area contributed by atoms with E-state index >= 15 is 0 Å². The molecule has 0 saturated carbocycles. The molecule has 0 N–H and O–H groups in total. The second kappa shape index (κ2) is 11.0.